The fourth-order valence-corrected chi connectivity index (χ4v) is 4.53. The van der Waals surface area contributed by atoms with Crippen molar-refractivity contribution < 1.29 is 14.3 Å². The Kier molecular flexibility index (Phi) is 6.32. The SMILES string of the molecule is CC(C)CN1CC(NC(=O)Cc2ccsc2)C(=O)NC2(CCOCC2)C1. The van der Waals surface area contributed by atoms with Gasteiger partial charge in [0.25, 0.3) is 0 Å². The van der Waals surface area contributed by atoms with Crippen LogP contribution in [0.15, 0.2) is 16.8 Å². The third kappa shape index (κ3) is 5.05. The van der Waals surface area contributed by atoms with Crippen LogP contribution < -0.4 is 10.6 Å². The Labute approximate surface area is 159 Å². The summed E-state index contributed by atoms with van der Waals surface area (Å²) in [6.07, 6.45) is 1.96. The molecule has 2 fully saturated rings. The summed E-state index contributed by atoms with van der Waals surface area (Å²) in [6.45, 7) is 7.99. The third-order valence-electron chi connectivity index (χ3n) is 5.03. The molecular weight excluding hydrogens is 350 g/mol. The van der Waals surface area contributed by atoms with Gasteiger partial charge in [-0.25, -0.2) is 0 Å². The zero-order valence-corrected chi connectivity index (χ0v) is 16.4. The maximum atomic E-state index is 12.9. The molecule has 1 atom stereocenters. The number of thiophene rings is 1. The van der Waals surface area contributed by atoms with Crippen molar-refractivity contribution >= 4 is 23.2 Å². The molecule has 2 aliphatic heterocycles. The highest BCUT2D eigenvalue weighted by Gasteiger charge is 2.41. The minimum absolute atomic E-state index is 0.0724. The number of rotatable bonds is 5. The minimum atomic E-state index is -0.512. The molecule has 1 spiro atoms. The third-order valence-corrected chi connectivity index (χ3v) is 5.76. The van der Waals surface area contributed by atoms with Crippen LogP contribution in [0, 0.1) is 5.92 Å². The first kappa shape index (κ1) is 19.3. The van der Waals surface area contributed by atoms with Crippen LogP contribution in [-0.4, -0.2) is 61.1 Å². The number of carbonyl (C=O) groups excluding carboxylic acids is 2. The molecule has 0 aliphatic carbocycles. The zero-order valence-electron chi connectivity index (χ0n) is 15.6. The highest BCUT2D eigenvalue weighted by Crippen LogP contribution is 2.25. The van der Waals surface area contributed by atoms with Crippen LogP contribution >= 0.6 is 11.3 Å². The number of hydrogen-bond acceptors (Lipinski definition) is 5. The molecule has 144 valence electrons. The van der Waals surface area contributed by atoms with E-state index in [1.165, 1.54) is 0 Å². The number of amides is 2. The molecule has 26 heavy (non-hydrogen) atoms. The second kappa shape index (κ2) is 8.50. The van der Waals surface area contributed by atoms with Gasteiger partial charge in [-0.1, -0.05) is 13.8 Å². The molecule has 1 aromatic rings. The van der Waals surface area contributed by atoms with Crippen molar-refractivity contribution in [3.05, 3.63) is 22.4 Å². The molecule has 0 aromatic carbocycles. The van der Waals surface area contributed by atoms with Crippen molar-refractivity contribution in [3.63, 3.8) is 0 Å². The van der Waals surface area contributed by atoms with Crippen LogP contribution in [0.5, 0.6) is 0 Å². The first-order valence-electron chi connectivity index (χ1n) is 9.38. The van der Waals surface area contributed by atoms with E-state index >= 15 is 0 Å². The number of nitrogens with zero attached hydrogens (tertiary/aromatic N) is 1. The fourth-order valence-electron chi connectivity index (χ4n) is 3.86. The van der Waals surface area contributed by atoms with Crippen molar-refractivity contribution in [2.75, 3.05) is 32.8 Å². The highest BCUT2D eigenvalue weighted by molar-refractivity contribution is 7.08. The van der Waals surface area contributed by atoms with E-state index in [1.54, 1.807) is 11.3 Å². The molecule has 0 bridgehead atoms. The van der Waals surface area contributed by atoms with Crippen LogP contribution in [0.1, 0.15) is 32.3 Å². The van der Waals surface area contributed by atoms with E-state index in [-0.39, 0.29) is 17.4 Å². The topological polar surface area (TPSA) is 70.7 Å². The highest BCUT2D eigenvalue weighted by atomic mass is 32.1. The average Bonchev–Trinajstić information content (AvgIpc) is 3.03. The number of nitrogens with one attached hydrogen (secondary N) is 2. The Bertz CT molecular complexity index is 612. The number of carbonyl (C=O) groups is 2. The summed E-state index contributed by atoms with van der Waals surface area (Å²) in [5.74, 6) is 0.329. The second-order valence-corrected chi connectivity index (χ2v) is 8.68. The van der Waals surface area contributed by atoms with Gasteiger partial charge in [0.15, 0.2) is 0 Å². The summed E-state index contributed by atoms with van der Waals surface area (Å²) >= 11 is 1.57. The van der Waals surface area contributed by atoms with Crippen LogP contribution in [0.25, 0.3) is 0 Å². The average molecular weight is 380 g/mol. The van der Waals surface area contributed by atoms with E-state index in [1.807, 2.05) is 16.8 Å². The lowest BCUT2D eigenvalue weighted by Gasteiger charge is -2.39. The Morgan fingerprint density at radius 3 is 2.88 bits per heavy atom. The molecule has 0 saturated carbocycles. The summed E-state index contributed by atoms with van der Waals surface area (Å²) in [4.78, 5) is 27.6. The van der Waals surface area contributed by atoms with Crippen LogP contribution in [0.2, 0.25) is 0 Å². The van der Waals surface area contributed by atoms with E-state index in [0.29, 0.717) is 32.1 Å². The molecule has 3 rings (SSSR count). The van der Waals surface area contributed by atoms with Crippen molar-refractivity contribution in [2.24, 2.45) is 5.92 Å². The van der Waals surface area contributed by atoms with Gasteiger partial charge in [0, 0.05) is 32.8 Å². The molecule has 0 radical (unpaired) electrons. The molecule has 7 heteroatoms. The lowest BCUT2D eigenvalue weighted by molar-refractivity contribution is -0.129. The van der Waals surface area contributed by atoms with Gasteiger partial charge in [-0.3, -0.25) is 14.5 Å². The van der Waals surface area contributed by atoms with Gasteiger partial charge >= 0.3 is 0 Å². The largest absolute Gasteiger partial charge is 0.381 e. The Morgan fingerprint density at radius 2 is 2.23 bits per heavy atom. The van der Waals surface area contributed by atoms with Crippen LogP contribution in [-0.2, 0) is 20.7 Å². The predicted molar refractivity (Wildman–Crippen MR) is 102 cm³/mol. The molecule has 3 heterocycles. The number of hydrogen-bond donors (Lipinski definition) is 2. The van der Waals surface area contributed by atoms with Gasteiger partial charge in [-0.2, -0.15) is 11.3 Å². The monoisotopic (exact) mass is 379 g/mol. The van der Waals surface area contributed by atoms with E-state index in [2.05, 4.69) is 29.4 Å². The maximum Gasteiger partial charge on any atom is 0.244 e. The van der Waals surface area contributed by atoms with E-state index < -0.39 is 6.04 Å². The van der Waals surface area contributed by atoms with Gasteiger partial charge in [0.1, 0.15) is 6.04 Å². The first-order valence-corrected chi connectivity index (χ1v) is 10.3. The van der Waals surface area contributed by atoms with E-state index in [9.17, 15) is 9.59 Å². The molecule has 1 unspecified atom stereocenters. The lowest BCUT2D eigenvalue weighted by atomic mass is 9.89. The quantitative estimate of drug-likeness (QED) is 0.812. The van der Waals surface area contributed by atoms with Crippen LogP contribution in [0.3, 0.4) is 0 Å². The Balaban J connectivity index is 1.70. The number of ether oxygens (including phenoxy) is 1. The summed E-state index contributed by atoms with van der Waals surface area (Å²) in [5.41, 5.74) is 0.748. The lowest BCUT2D eigenvalue weighted by Crippen LogP contribution is -2.57. The van der Waals surface area contributed by atoms with E-state index in [4.69, 9.17) is 4.74 Å². The van der Waals surface area contributed by atoms with Gasteiger partial charge < -0.3 is 15.4 Å². The van der Waals surface area contributed by atoms with Crippen molar-refractivity contribution in [1.29, 1.82) is 0 Å². The summed E-state index contributed by atoms with van der Waals surface area (Å²) < 4.78 is 5.50. The van der Waals surface area contributed by atoms with E-state index in [0.717, 1.165) is 31.5 Å². The van der Waals surface area contributed by atoms with Crippen molar-refractivity contribution in [2.45, 2.75) is 44.7 Å². The first-order chi connectivity index (χ1) is 12.5. The molecule has 6 nitrogen and oxygen atoms in total. The molecule has 1 aromatic heterocycles. The second-order valence-electron chi connectivity index (χ2n) is 7.90. The van der Waals surface area contributed by atoms with Gasteiger partial charge in [0.05, 0.1) is 12.0 Å². The molecule has 2 amide bonds. The predicted octanol–water partition coefficient (Wildman–Crippen LogP) is 1.41. The Hall–Kier alpha value is -1.44. The fraction of sp³-hybridized carbons (Fsp3) is 0.684. The van der Waals surface area contributed by atoms with Gasteiger partial charge in [0.2, 0.25) is 11.8 Å². The standard InChI is InChI=1S/C19H29N3O3S/c1-14(2)10-22-11-16(20-17(23)9-15-3-8-26-12-15)18(24)21-19(13-22)4-6-25-7-5-19/h3,8,12,14,16H,4-7,9-11,13H2,1-2H3,(H,20,23)(H,21,24). The van der Waals surface area contributed by atoms with Gasteiger partial charge in [-0.15, -0.1) is 0 Å². The van der Waals surface area contributed by atoms with Crippen molar-refractivity contribution in [1.82, 2.24) is 15.5 Å². The Morgan fingerprint density at radius 1 is 1.46 bits per heavy atom. The summed E-state index contributed by atoms with van der Waals surface area (Å²) in [7, 11) is 0. The molecule has 2 aliphatic rings. The molecule has 2 N–H and O–H groups in total. The van der Waals surface area contributed by atoms with Crippen LogP contribution in [0.4, 0.5) is 0 Å². The zero-order chi connectivity index (χ0) is 18.6. The summed E-state index contributed by atoms with van der Waals surface area (Å²) in [6, 6.07) is 1.43. The normalized spacial score (nSPS) is 23.7. The smallest absolute Gasteiger partial charge is 0.244 e. The summed E-state index contributed by atoms with van der Waals surface area (Å²) in [5, 5.41) is 10.1. The molecular formula is C19H29N3O3S. The van der Waals surface area contributed by atoms with Crippen molar-refractivity contribution in [3.8, 4) is 0 Å². The molecule has 2 saturated heterocycles. The maximum absolute atomic E-state index is 12.9. The minimum Gasteiger partial charge on any atom is -0.381 e. The van der Waals surface area contributed by atoms with Gasteiger partial charge in [-0.05, 0) is 41.1 Å².